The summed E-state index contributed by atoms with van der Waals surface area (Å²) in [4.78, 5) is 35.5. The second-order valence-electron chi connectivity index (χ2n) is 28.7. The number of ether oxygens (including phenoxy) is 2. The molecule has 0 spiro atoms. The van der Waals surface area contributed by atoms with Crippen LogP contribution >= 0.6 is 7.82 Å². The number of hydrogen-bond acceptors (Lipinski definition) is 8. The molecule has 3 N–H and O–H groups in total. The third-order valence-electron chi connectivity index (χ3n) is 19.2. The summed E-state index contributed by atoms with van der Waals surface area (Å²) in [6, 6.07) is 0. The SMILES string of the molecule is CC/C=C\C/C=C\C/C=C\C/C=C\CCCCCCCCCCCCCCCCCCCCCCCCCCCCCCC(=O)OC(COC(=O)CCCCCCCCCCCCCCCCCCCCCCCCCCCCCCCCCCC)COP(=O)(O)OCCN. The summed E-state index contributed by atoms with van der Waals surface area (Å²) in [5, 5.41) is 0. The van der Waals surface area contributed by atoms with E-state index in [-0.39, 0.29) is 38.6 Å². The van der Waals surface area contributed by atoms with Gasteiger partial charge in [0, 0.05) is 19.4 Å². The Balaban J connectivity index is 3.71. The number of phosphoric acid groups is 1. The first kappa shape index (κ1) is 93.0. The van der Waals surface area contributed by atoms with Crippen molar-refractivity contribution in [2.45, 2.75) is 457 Å². The van der Waals surface area contributed by atoms with E-state index < -0.39 is 26.5 Å². The topological polar surface area (TPSA) is 134 Å². The van der Waals surface area contributed by atoms with Gasteiger partial charge in [-0.05, 0) is 51.4 Å². The number of carbonyl (C=O) groups excluding carboxylic acids is 2. The first-order valence-corrected chi connectivity index (χ1v) is 43.6. The maximum Gasteiger partial charge on any atom is 0.472 e. The summed E-state index contributed by atoms with van der Waals surface area (Å²) in [6.45, 7) is 3.73. The van der Waals surface area contributed by atoms with Crippen molar-refractivity contribution < 1.29 is 37.6 Å². The van der Waals surface area contributed by atoms with E-state index in [1.807, 2.05) is 0 Å². The fourth-order valence-corrected chi connectivity index (χ4v) is 13.8. The van der Waals surface area contributed by atoms with E-state index >= 15 is 0 Å². The molecule has 0 saturated heterocycles. The Kier molecular flexibility index (Phi) is 79.2. The molecule has 9 nitrogen and oxygen atoms in total. The second kappa shape index (κ2) is 80.9. The van der Waals surface area contributed by atoms with Crippen LogP contribution in [0.15, 0.2) is 48.6 Å². The van der Waals surface area contributed by atoms with Crippen molar-refractivity contribution in [3.63, 3.8) is 0 Å². The molecule has 0 aromatic carbocycles. The summed E-state index contributed by atoms with van der Waals surface area (Å²) >= 11 is 0. The molecule has 0 rings (SSSR count). The third-order valence-corrected chi connectivity index (χ3v) is 20.2. The molecule has 0 aliphatic heterocycles. The van der Waals surface area contributed by atoms with E-state index in [2.05, 4.69) is 62.5 Å². The van der Waals surface area contributed by atoms with Crippen molar-refractivity contribution in [3.05, 3.63) is 48.6 Å². The van der Waals surface area contributed by atoms with Crippen LogP contribution in [0.4, 0.5) is 0 Å². The molecule has 0 saturated carbocycles. The Morgan fingerprint density at radius 1 is 0.326 bits per heavy atom. The highest BCUT2D eigenvalue weighted by Gasteiger charge is 2.26. The zero-order valence-corrected chi connectivity index (χ0v) is 64.3. The smallest absolute Gasteiger partial charge is 0.462 e. The van der Waals surface area contributed by atoms with E-state index in [1.165, 1.54) is 360 Å². The zero-order valence-electron chi connectivity index (χ0n) is 63.4. The Morgan fingerprint density at radius 2 is 0.579 bits per heavy atom. The van der Waals surface area contributed by atoms with Crippen molar-refractivity contribution in [2.24, 2.45) is 5.73 Å². The molecule has 0 aliphatic carbocycles. The predicted molar refractivity (Wildman–Crippen MR) is 413 cm³/mol. The molecule has 2 unspecified atom stereocenters. The summed E-state index contributed by atoms with van der Waals surface area (Å²) in [5.41, 5.74) is 5.42. The van der Waals surface area contributed by atoms with Crippen molar-refractivity contribution in [1.29, 1.82) is 0 Å². The van der Waals surface area contributed by atoms with Gasteiger partial charge in [0.1, 0.15) is 6.61 Å². The van der Waals surface area contributed by atoms with Crippen LogP contribution in [-0.4, -0.2) is 49.3 Å². The number of phosphoric ester groups is 1. The number of unbranched alkanes of at least 4 members (excludes halogenated alkanes) is 60. The van der Waals surface area contributed by atoms with Crippen LogP contribution in [0.5, 0.6) is 0 Å². The van der Waals surface area contributed by atoms with Gasteiger partial charge < -0.3 is 20.1 Å². The molecule has 560 valence electrons. The normalized spacial score (nSPS) is 13.0. The molecule has 0 aliphatic rings. The summed E-state index contributed by atoms with van der Waals surface area (Å²) in [6.07, 6.45) is 106. The number of esters is 2. The lowest BCUT2D eigenvalue weighted by molar-refractivity contribution is -0.161. The van der Waals surface area contributed by atoms with Gasteiger partial charge in [0.05, 0.1) is 13.2 Å². The summed E-state index contributed by atoms with van der Waals surface area (Å²) in [5.74, 6) is -0.798. The average molecular weight is 1360 g/mol. The average Bonchev–Trinajstić information content (AvgIpc) is 2.75. The molecule has 0 bridgehead atoms. The van der Waals surface area contributed by atoms with Crippen molar-refractivity contribution in [1.82, 2.24) is 0 Å². The standard InChI is InChI=1S/C85H162NO8P/c1-3-5-7-9-11-13-15-17-19-21-23-25-27-29-31-33-35-37-38-39-40-41-42-43-44-46-48-50-52-54-56-58-60-62-64-66-68-70-72-74-76-78-85(88)94-83(82-93-95(89,90)92-80-79-86)81-91-84(87)77-75-73-71-69-67-65-63-61-59-57-55-53-51-49-47-45-36-34-32-30-28-26-24-22-20-18-16-14-12-10-8-6-4-2/h5,7,11,13,17,19,23,25,83H,3-4,6,8-10,12,14-16,18,20-22,24,26-82,86H2,1-2H3,(H,89,90)/b7-5-,13-11-,19-17-,25-23-. The highest BCUT2D eigenvalue weighted by atomic mass is 31.2. The van der Waals surface area contributed by atoms with Crippen molar-refractivity contribution >= 4 is 19.8 Å². The second-order valence-corrected chi connectivity index (χ2v) is 30.1. The zero-order chi connectivity index (χ0) is 68.6. The van der Waals surface area contributed by atoms with Gasteiger partial charge in [0.25, 0.3) is 0 Å². The van der Waals surface area contributed by atoms with Gasteiger partial charge in [0.15, 0.2) is 6.10 Å². The van der Waals surface area contributed by atoms with Gasteiger partial charge in [0.2, 0.25) is 0 Å². The number of rotatable bonds is 81. The van der Waals surface area contributed by atoms with Crippen LogP contribution < -0.4 is 5.73 Å². The molecule has 0 radical (unpaired) electrons. The van der Waals surface area contributed by atoms with Gasteiger partial charge in [-0.25, -0.2) is 4.57 Å². The number of carbonyl (C=O) groups is 2. The third kappa shape index (κ3) is 80.8. The van der Waals surface area contributed by atoms with Crippen LogP contribution in [0, 0.1) is 0 Å². The maximum atomic E-state index is 12.8. The molecular formula is C85H162NO8P. The highest BCUT2D eigenvalue weighted by Crippen LogP contribution is 2.43. The predicted octanol–water partition coefficient (Wildman–Crippen LogP) is 28.3. The van der Waals surface area contributed by atoms with E-state index in [1.54, 1.807) is 0 Å². The monoisotopic (exact) mass is 1360 g/mol. The van der Waals surface area contributed by atoms with Crippen molar-refractivity contribution in [3.8, 4) is 0 Å². The number of allylic oxidation sites excluding steroid dienone is 8. The van der Waals surface area contributed by atoms with Crippen LogP contribution in [0.1, 0.15) is 450 Å². The Morgan fingerprint density at radius 3 is 0.863 bits per heavy atom. The highest BCUT2D eigenvalue weighted by molar-refractivity contribution is 7.47. The molecule has 0 fully saturated rings. The summed E-state index contributed by atoms with van der Waals surface area (Å²) < 4.78 is 33.3. The molecule has 10 heteroatoms. The first-order valence-electron chi connectivity index (χ1n) is 42.1. The van der Waals surface area contributed by atoms with Crippen LogP contribution in [-0.2, 0) is 32.7 Å². The minimum absolute atomic E-state index is 0.0570. The minimum atomic E-state index is -4.39. The van der Waals surface area contributed by atoms with Gasteiger partial charge in [-0.15, -0.1) is 0 Å². The van der Waals surface area contributed by atoms with E-state index in [0.717, 1.165) is 57.8 Å². The molecule has 0 heterocycles. The largest absolute Gasteiger partial charge is 0.472 e. The molecular weight excluding hydrogens is 1190 g/mol. The summed E-state index contributed by atoms with van der Waals surface area (Å²) in [7, 11) is -4.39. The van der Waals surface area contributed by atoms with Gasteiger partial charge in [-0.2, -0.15) is 0 Å². The lowest BCUT2D eigenvalue weighted by Gasteiger charge is -2.19. The molecule has 0 aromatic heterocycles. The quantitative estimate of drug-likeness (QED) is 0.0264. The van der Waals surface area contributed by atoms with Crippen molar-refractivity contribution in [2.75, 3.05) is 26.4 Å². The Labute approximate surface area is 591 Å². The van der Waals surface area contributed by atoms with Crippen LogP contribution in [0.2, 0.25) is 0 Å². The van der Waals surface area contributed by atoms with E-state index in [0.29, 0.717) is 6.42 Å². The van der Waals surface area contributed by atoms with Gasteiger partial charge in [-0.1, -0.05) is 435 Å². The van der Waals surface area contributed by atoms with Gasteiger partial charge in [-0.3, -0.25) is 18.6 Å². The fraction of sp³-hybridized carbons (Fsp3) is 0.882. The lowest BCUT2D eigenvalue weighted by atomic mass is 10.0. The Bertz CT molecular complexity index is 1700. The lowest BCUT2D eigenvalue weighted by Crippen LogP contribution is -2.29. The molecule has 95 heavy (non-hydrogen) atoms. The Hall–Kier alpha value is -2.03. The molecule has 2 atom stereocenters. The first-order chi connectivity index (χ1) is 46.8. The maximum absolute atomic E-state index is 12.8. The minimum Gasteiger partial charge on any atom is -0.462 e. The van der Waals surface area contributed by atoms with E-state index in [9.17, 15) is 19.0 Å². The fourth-order valence-electron chi connectivity index (χ4n) is 13.0. The number of hydrogen-bond donors (Lipinski definition) is 2. The molecule has 0 aromatic rings. The van der Waals surface area contributed by atoms with E-state index in [4.69, 9.17) is 24.3 Å². The van der Waals surface area contributed by atoms with Gasteiger partial charge >= 0.3 is 19.8 Å². The molecule has 0 amide bonds. The van der Waals surface area contributed by atoms with Crippen LogP contribution in [0.3, 0.4) is 0 Å². The number of nitrogens with two attached hydrogens (primary N) is 1. The van der Waals surface area contributed by atoms with Crippen LogP contribution in [0.25, 0.3) is 0 Å².